The van der Waals surface area contributed by atoms with Gasteiger partial charge in [0.2, 0.25) is 0 Å². The summed E-state index contributed by atoms with van der Waals surface area (Å²) in [6, 6.07) is 3.93. The van der Waals surface area contributed by atoms with E-state index < -0.39 is 6.10 Å². The second kappa shape index (κ2) is 5.47. The highest BCUT2D eigenvalue weighted by molar-refractivity contribution is 5.45. The minimum Gasteiger partial charge on any atom is -0.387 e. The van der Waals surface area contributed by atoms with Gasteiger partial charge in [-0.3, -0.25) is 4.98 Å². The number of pyridine rings is 1. The molecule has 1 aliphatic heterocycles. The average molecular weight is 236 g/mol. The summed E-state index contributed by atoms with van der Waals surface area (Å²) in [7, 11) is 0. The molecule has 1 saturated heterocycles. The monoisotopic (exact) mass is 236 g/mol. The summed E-state index contributed by atoms with van der Waals surface area (Å²) in [5.74, 6) is 0. The molecule has 0 spiro atoms. The van der Waals surface area contributed by atoms with E-state index >= 15 is 0 Å². The van der Waals surface area contributed by atoms with Gasteiger partial charge in [0.15, 0.2) is 0 Å². The first-order valence-corrected chi connectivity index (χ1v) is 6.21. The summed E-state index contributed by atoms with van der Waals surface area (Å²) in [5.41, 5.74) is 1.85. The minimum absolute atomic E-state index is 0.268. The maximum Gasteiger partial charge on any atom is 0.0957 e. The molecule has 1 aromatic rings. The summed E-state index contributed by atoms with van der Waals surface area (Å²) >= 11 is 0. The molecule has 0 amide bonds. The van der Waals surface area contributed by atoms with Crippen molar-refractivity contribution in [3.05, 3.63) is 24.0 Å². The fraction of sp³-hybridized carbons (Fsp3) is 0.615. The minimum atomic E-state index is -0.451. The predicted molar refractivity (Wildman–Crippen MR) is 67.1 cm³/mol. The van der Waals surface area contributed by atoms with Crippen LogP contribution in [0.4, 0.5) is 5.69 Å². The van der Waals surface area contributed by atoms with E-state index in [2.05, 4.69) is 16.8 Å². The normalized spacial score (nSPS) is 22.5. The smallest absolute Gasteiger partial charge is 0.0957 e. The quantitative estimate of drug-likeness (QED) is 0.868. The maximum absolute atomic E-state index is 9.68. The second-order valence-corrected chi connectivity index (χ2v) is 4.49. The number of anilines is 1. The number of ether oxygens (including phenoxy) is 1. The van der Waals surface area contributed by atoms with Crippen molar-refractivity contribution in [3.63, 3.8) is 0 Å². The summed E-state index contributed by atoms with van der Waals surface area (Å²) in [6.07, 6.45) is 2.35. The zero-order valence-electron chi connectivity index (χ0n) is 10.5. The lowest BCUT2D eigenvalue weighted by Crippen LogP contribution is -2.41. The Balaban J connectivity index is 2.06. The van der Waals surface area contributed by atoms with Crippen LogP contribution in [0.5, 0.6) is 0 Å². The van der Waals surface area contributed by atoms with Gasteiger partial charge in [-0.05, 0) is 25.5 Å². The Morgan fingerprint density at radius 2 is 2.41 bits per heavy atom. The molecule has 1 N–H and O–H groups in total. The summed E-state index contributed by atoms with van der Waals surface area (Å²) in [5, 5.41) is 9.68. The van der Waals surface area contributed by atoms with Crippen molar-refractivity contribution in [1.29, 1.82) is 0 Å². The van der Waals surface area contributed by atoms with Gasteiger partial charge in [-0.25, -0.2) is 0 Å². The highest BCUT2D eigenvalue weighted by Crippen LogP contribution is 2.20. The van der Waals surface area contributed by atoms with Gasteiger partial charge < -0.3 is 14.7 Å². The van der Waals surface area contributed by atoms with Crippen LogP contribution in [0.15, 0.2) is 18.3 Å². The van der Waals surface area contributed by atoms with Gasteiger partial charge in [0.05, 0.1) is 36.4 Å². The van der Waals surface area contributed by atoms with Gasteiger partial charge in [0.25, 0.3) is 0 Å². The first-order valence-electron chi connectivity index (χ1n) is 6.21. The van der Waals surface area contributed by atoms with Crippen LogP contribution < -0.4 is 4.90 Å². The van der Waals surface area contributed by atoms with E-state index in [1.54, 1.807) is 0 Å². The highest BCUT2D eigenvalue weighted by atomic mass is 16.5. The largest absolute Gasteiger partial charge is 0.387 e. The number of morpholine rings is 1. The zero-order valence-corrected chi connectivity index (χ0v) is 10.5. The molecule has 1 fully saturated rings. The van der Waals surface area contributed by atoms with E-state index in [4.69, 9.17) is 4.74 Å². The molecule has 0 radical (unpaired) electrons. The van der Waals surface area contributed by atoms with Gasteiger partial charge >= 0.3 is 0 Å². The van der Waals surface area contributed by atoms with E-state index in [1.807, 2.05) is 25.3 Å². The third-order valence-corrected chi connectivity index (χ3v) is 3.11. The third-order valence-electron chi connectivity index (χ3n) is 3.11. The molecule has 2 unspecified atom stereocenters. The molecule has 2 atom stereocenters. The van der Waals surface area contributed by atoms with Crippen molar-refractivity contribution in [2.75, 3.05) is 24.6 Å². The van der Waals surface area contributed by atoms with E-state index in [-0.39, 0.29) is 6.10 Å². The first-order chi connectivity index (χ1) is 8.20. The molecule has 4 heteroatoms. The van der Waals surface area contributed by atoms with Crippen molar-refractivity contribution in [3.8, 4) is 0 Å². The number of rotatable bonds is 3. The van der Waals surface area contributed by atoms with Crippen molar-refractivity contribution in [2.24, 2.45) is 0 Å². The third kappa shape index (κ3) is 2.96. The molecular weight excluding hydrogens is 216 g/mol. The Labute approximate surface area is 102 Å². The number of aliphatic hydroxyl groups excluding tert-OH is 1. The molecule has 2 heterocycles. The van der Waals surface area contributed by atoms with Crippen LogP contribution in [0.1, 0.15) is 32.1 Å². The Hall–Kier alpha value is -1.13. The van der Waals surface area contributed by atoms with Crippen molar-refractivity contribution >= 4 is 5.69 Å². The van der Waals surface area contributed by atoms with Crippen molar-refractivity contribution in [2.45, 2.75) is 32.5 Å². The molecule has 1 aromatic heterocycles. The molecule has 0 aromatic carbocycles. The van der Waals surface area contributed by atoms with E-state index in [0.717, 1.165) is 31.1 Å². The number of hydrogen-bond acceptors (Lipinski definition) is 4. The van der Waals surface area contributed by atoms with Crippen molar-refractivity contribution in [1.82, 2.24) is 4.98 Å². The van der Waals surface area contributed by atoms with Gasteiger partial charge in [-0.1, -0.05) is 6.92 Å². The van der Waals surface area contributed by atoms with Crippen LogP contribution in [-0.2, 0) is 4.74 Å². The number of aliphatic hydroxyl groups is 1. The lowest BCUT2D eigenvalue weighted by molar-refractivity contribution is 0.0532. The van der Waals surface area contributed by atoms with Crippen LogP contribution in [0.2, 0.25) is 0 Å². The molecule has 0 aliphatic carbocycles. The van der Waals surface area contributed by atoms with Crippen molar-refractivity contribution < 1.29 is 9.84 Å². The van der Waals surface area contributed by atoms with Gasteiger partial charge in [-0.2, -0.15) is 0 Å². The van der Waals surface area contributed by atoms with Crippen LogP contribution in [0.25, 0.3) is 0 Å². The molecule has 2 rings (SSSR count). The van der Waals surface area contributed by atoms with E-state index in [9.17, 15) is 5.11 Å². The highest BCUT2D eigenvalue weighted by Gasteiger charge is 2.17. The second-order valence-electron chi connectivity index (χ2n) is 4.49. The van der Waals surface area contributed by atoms with Gasteiger partial charge in [-0.15, -0.1) is 0 Å². The van der Waals surface area contributed by atoms with E-state index in [1.165, 1.54) is 0 Å². The lowest BCUT2D eigenvalue weighted by atomic mass is 10.2. The Kier molecular flexibility index (Phi) is 3.97. The van der Waals surface area contributed by atoms with Crippen LogP contribution in [0, 0.1) is 0 Å². The number of hydrogen-bond donors (Lipinski definition) is 1. The van der Waals surface area contributed by atoms with E-state index in [0.29, 0.717) is 6.42 Å². The molecule has 4 nitrogen and oxygen atoms in total. The summed E-state index contributed by atoms with van der Waals surface area (Å²) in [4.78, 5) is 6.58. The number of nitrogens with zero attached hydrogens (tertiary/aromatic N) is 2. The van der Waals surface area contributed by atoms with Crippen LogP contribution in [-0.4, -0.2) is 35.9 Å². The molecular formula is C13H20N2O2. The summed E-state index contributed by atoms with van der Waals surface area (Å²) < 4.78 is 5.51. The first kappa shape index (κ1) is 12.3. The van der Waals surface area contributed by atoms with Crippen LogP contribution in [0.3, 0.4) is 0 Å². The van der Waals surface area contributed by atoms with Gasteiger partial charge in [0.1, 0.15) is 0 Å². The zero-order chi connectivity index (χ0) is 12.3. The van der Waals surface area contributed by atoms with Gasteiger partial charge in [0, 0.05) is 13.1 Å². The Bertz CT molecular complexity index is 353. The fourth-order valence-corrected chi connectivity index (χ4v) is 2.04. The predicted octanol–water partition coefficient (Wildman–Crippen LogP) is 1.75. The molecule has 17 heavy (non-hydrogen) atoms. The lowest BCUT2D eigenvalue weighted by Gasteiger charge is -2.32. The van der Waals surface area contributed by atoms with Crippen LogP contribution >= 0.6 is 0 Å². The maximum atomic E-state index is 9.68. The standard InChI is InChI=1S/C13H20N2O2/c1-3-13(16)12-5-4-11(8-14-12)15-6-7-17-10(2)9-15/h4-5,8,10,13,16H,3,6-7,9H2,1-2H3. The molecule has 0 bridgehead atoms. The molecule has 94 valence electrons. The average Bonchev–Trinajstić information content (AvgIpc) is 2.38. The molecule has 1 aliphatic rings. The Morgan fingerprint density at radius 3 is 3.00 bits per heavy atom. The number of aromatic nitrogens is 1. The molecule has 0 saturated carbocycles. The Morgan fingerprint density at radius 1 is 1.59 bits per heavy atom. The fourth-order valence-electron chi connectivity index (χ4n) is 2.04. The topological polar surface area (TPSA) is 45.6 Å². The SMILES string of the molecule is CCC(O)c1ccc(N2CCOC(C)C2)cn1. The summed E-state index contributed by atoms with van der Waals surface area (Å²) in [6.45, 7) is 6.60.